The van der Waals surface area contributed by atoms with Gasteiger partial charge in [-0.05, 0) is 34.9 Å². The summed E-state index contributed by atoms with van der Waals surface area (Å²) in [7, 11) is 0. The van der Waals surface area contributed by atoms with Crippen molar-refractivity contribution in [2.45, 2.75) is 26.4 Å². The van der Waals surface area contributed by atoms with Gasteiger partial charge in [0.05, 0.1) is 12.0 Å². The van der Waals surface area contributed by atoms with Crippen molar-refractivity contribution in [3.63, 3.8) is 0 Å². The topological polar surface area (TPSA) is 82.7 Å². The van der Waals surface area contributed by atoms with Crippen LogP contribution in [0.5, 0.6) is 0 Å². The molecule has 0 fully saturated rings. The van der Waals surface area contributed by atoms with Crippen LogP contribution in [0.2, 0.25) is 0 Å². The van der Waals surface area contributed by atoms with Crippen molar-refractivity contribution in [2.75, 3.05) is 31.1 Å². The molecule has 1 aliphatic heterocycles. The maximum Gasteiger partial charge on any atom is 0.276 e. The lowest BCUT2D eigenvalue weighted by Crippen LogP contribution is -2.30. The maximum absolute atomic E-state index is 9.52. The van der Waals surface area contributed by atoms with Gasteiger partial charge in [-0.3, -0.25) is 4.90 Å². The smallest absolute Gasteiger partial charge is 0.276 e. The number of anilines is 1. The van der Waals surface area contributed by atoms with E-state index in [-0.39, 0.29) is 6.61 Å². The molecule has 8 nitrogen and oxygen atoms in total. The number of benzene rings is 1. The van der Waals surface area contributed by atoms with Gasteiger partial charge >= 0.3 is 0 Å². The molecule has 0 saturated carbocycles. The number of tetrazole rings is 1. The molecule has 1 N–H and O–H groups in total. The molecule has 0 aliphatic carbocycles. The standard InChI is InChI=1S/C20H23N7OS/c1-2-26(10-11-28)18-17-15-8-9-25(12-14-6-4-3-5-7-14)13-16(15)29-19(17)27-20(21-18)22-23-24-27/h3-7,28H,2,8-13H2,1H3. The lowest BCUT2D eigenvalue weighted by molar-refractivity contribution is 0.249. The Bertz CT molecular complexity index is 1140. The monoisotopic (exact) mass is 409 g/mol. The molecule has 4 aromatic rings. The third-order valence-corrected chi connectivity index (χ3v) is 6.68. The molecule has 0 amide bonds. The van der Waals surface area contributed by atoms with Crippen LogP contribution in [0.3, 0.4) is 0 Å². The van der Waals surface area contributed by atoms with E-state index in [1.54, 1.807) is 15.9 Å². The highest BCUT2D eigenvalue weighted by atomic mass is 32.1. The van der Waals surface area contributed by atoms with Gasteiger partial charge in [0, 0.05) is 37.6 Å². The minimum Gasteiger partial charge on any atom is -0.395 e. The maximum atomic E-state index is 9.52. The SMILES string of the molecule is CCN(CCO)c1nc2nnnn2c2sc3c(c12)CCN(Cc1ccccc1)C3. The molecule has 0 saturated heterocycles. The average Bonchev–Trinajstić information content (AvgIpc) is 3.36. The molecule has 0 unspecified atom stereocenters. The molecule has 1 aromatic carbocycles. The average molecular weight is 410 g/mol. The van der Waals surface area contributed by atoms with Crippen molar-refractivity contribution in [3.05, 3.63) is 46.3 Å². The summed E-state index contributed by atoms with van der Waals surface area (Å²) in [6.45, 7) is 6.35. The number of likely N-dealkylation sites (N-methyl/N-ethyl adjacent to an activating group) is 1. The van der Waals surface area contributed by atoms with Crippen LogP contribution in [0.1, 0.15) is 22.9 Å². The summed E-state index contributed by atoms with van der Waals surface area (Å²) in [4.78, 5) is 11.7. The number of aromatic nitrogens is 5. The van der Waals surface area contributed by atoms with Crippen molar-refractivity contribution >= 4 is 33.1 Å². The molecular weight excluding hydrogens is 386 g/mol. The van der Waals surface area contributed by atoms with E-state index < -0.39 is 0 Å². The van der Waals surface area contributed by atoms with E-state index in [4.69, 9.17) is 4.98 Å². The Morgan fingerprint density at radius 1 is 1.24 bits per heavy atom. The summed E-state index contributed by atoms with van der Waals surface area (Å²) in [5.41, 5.74) is 2.69. The van der Waals surface area contributed by atoms with Gasteiger partial charge in [0.1, 0.15) is 10.6 Å². The van der Waals surface area contributed by atoms with E-state index in [9.17, 15) is 5.11 Å². The Balaban J connectivity index is 1.58. The van der Waals surface area contributed by atoms with Gasteiger partial charge in [-0.2, -0.15) is 9.50 Å². The number of thiophene rings is 1. The van der Waals surface area contributed by atoms with Gasteiger partial charge in [0.2, 0.25) is 0 Å². The molecule has 29 heavy (non-hydrogen) atoms. The van der Waals surface area contributed by atoms with Crippen molar-refractivity contribution in [2.24, 2.45) is 0 Å². The number of aliphatic hydroxyl groups is 1. The molecule has 0 atom stereocenters. The van der Waals surface area contributed by atoms with Crippen LogP contribution in [0.25, 0.3) is 16.0 Å². The van der Waals surface area contributed by atoms with E-state index in [1.165, 1.54) is 16.0 Å². The van der Waals surface area contributed by atoms with Gasteiger partial charge in [-0.15, -0.1) is 11.3 Å². The zero-order valence-electron chi connectivity index (χ0n) is 16.3. The summed E-state index contributed by atoms with van der Waals surface area (Å²) in [6, 6.07) is 10.6. The van der Waals surface area contributed by atoms with Gasteiger partial charge < -0.3 is 10.0 Å². The summed E-state index contributed by atoms with van der Waals surface area (Å²) >= 11 is 1.76. The Labute approximate surface area is 172 Å². The Morgan fingerprint density at radius 3 is 2.90 bits per heavy atom. The molecule has 5 rings (SSSR count). The number of hydrogen-bond acceptors (Lipinski definition) is 8. The Kier molecular flexibility index (Phi) is 4.86. The van der Waals surface area contributed by atoms with Crippen molar-refractivity contribution in [1.82, 2.24) is 29.9 Å². The Hall–Kier alpha value is -2.62. The molecule has 0 radical (unpaired) electrons. The molecular formula is C20H23N7OS. The second-order valence-corrected chi connectivity index (χ2v) is 8.34. The van der Waals surface area contributed by atoms with Gasteiger partial charge in [0.15, 0.2) is 0 Å². The van der Waals surface area contributed by atoms with E-state index in [1.807, 2.05) is 0 Å². The highest BCUT2D eigenvalue weighted by molar-refractivity contribution is 7.19. The fourth-order valence-corrected chi connectivity index (χ4v) is 5.42. The number of hydrogen-bond donors (Lipinski definition) is 1. The fraction of sp³-hybridized carbons (Fsp3) is 0.400. The number of aliphatic hydroxyl groups excluding tert-OH is 1. The molecule has 4 heterocycles. The van der Waals surface area contributed by atoms with Crippen LogP contribution in [0, 0.1) is 0 Å². The first-order chi connectivity index (χ1) is 14.3. The molecule has 1 aliphatic rings. The van der Waals surface area contributed by atoms with E-state index in [0.717, 1.165) is 48.6 Å². The van der Waals surface area contributed by atoms with E-state index in [0.29, 0.717) is 12.3 Å². The minimum absolute atomic E-state index is 0.0876. The van der Waals surface area contributed by atoms with Crippen LogP contribution in [-0.2, 0) is 19.5 Å². The van der Waals surface area contributed by atoms with E-state index in [2.05, 4.69) is 62.6 Å². The number of rotatable bonds is 6. The first-order valence-corrected chi connectivity index (χ1v) is 10.7. The van der Waals surface area contributed by atoms with Crippen LogP contribution in [0.4, 0.5) is 5.82 Å². The number of fused-ring (bicyclic) bond motifs is 5. The first-order valence-electron chi connectivity index (χ1n) is 9.93. The van der Waals surface area contributed by atoms with Crippen molar-refractivity contribution in [3.8, 4) is 0 Å². The predicted molar refractivity (Wildman–Crippen MR) is 113 cm³/mol. The molecule has 0 spiro atoms. The van der Waals surface area contributed by atoms with E-state index >= 15 is 0 Å². The molecule has 9 heteroatoms. The van der Waals surface area contributed by atoms with Gasteiger partial charge in [-0.1, -0.05) is 35.4 Å². The lowest BCUT2D eigenvalue weighted by atomic mass is 10.0. The Morgan fingerprint density at radius 2 is 2.10 bits per heavy atom. The predicted octanol–water partition coefficient (Wildman–Crippen LogP) is 2.11. The molecule has 150 valence electrons. The summed E-state index contributed by atoms with van der Waals surface area (Å²) < 4.78 is 1.75. The summed E-state index contributed by atoms with van der Waals surface area (Å²) in [6.07, 6.45) is 0.973. The highest BCUT2D eigenvalue weighted by Crippen LogP contribution is 2.39. The zero-order chi connectivity index (χ0) is 19.8. The third-order valence-electron chi connectivity index (χ3n) is 5.49. The van der Waals surface area contributed by atoms with Crippen LogP contribution in [0.15, 0.2) is 30.3 Å². The summed E-state index contributed by atoms with van der Waals surface area (Å²) in [5.74, 6) is 1.39. The quantitative estimate of drug-likeness (QED) is 0.522. The largest absolute Gasteiger partial charge is 0.395 e. The second-order valence-electron chi connectivity index (χ2n) is 7.26. The second kappa shape index (κ2) is 7.66. The lowest BCUT2D eigenvalue weighted by Gasteiger charge is -2.27. The van der Waals surface area contributed by atoms with Crippen molar-refractivity contribution in [1.29, 1.82) is 0 Å². The normalized spacial score (nSPS) is 14.6. The minimum atomic E-state index is 0.0876. The van der Waals surface area contributed by atoms with Crippen molar-refractivity contribution < 1.29 is 5.11 Å². The van der Waals surface area contributed by atoms with Gasteiger partial charge in [0.25, 0.3) is 5.78 Å². The fourth-order valence-electron chi connectivity index (χ4n) is 4.10. The van der Waals surface area contributed by atoms with Gasteiger partial charge in [-0.25, -0.2) is 0 Å². The number of nitrogens with zero attached hydrogens (tertiary/aromatic N) is 7. The van der Waals surface area contributed by atoms with Crippen LogP contribution in [-0.4, -0.2) is 61.3 Å². The van der Waals surface area contributed by atoms with Crippen LogP contribution >= 0.6 is 11.3 Å². The summed E-state index contributed by atoms with van der Waals surface area (Å²) in [5, 5.41) is 22.7. The highest BCUT2D eigenvalue weighted by Gasteiger charge is 2.27. The van der Waals surface area contributed by atoms with Crippen LogP contribution < -0.4 is 4.90 Å². The third kappa shape index (κ3) is 3.25. The molecule has 3 aromatic heterocycles. The first kappa shape index (κ1) is 18.4. The zero-order valence-corrected chi connectivity index (χ0v) is 17.1. The molecule has 0 bridgehead atoms.